The van der Waals surface area contributed by atoms with E-state index in [0.29, 0.717) is 12.4 Å². The Kier molecular flexibility index (Phi) is 4.91. The molecule has 1 aromatic rings. The summed E-state index contributed by atoms with van der Waals surface area (Å²) in [6.07, 6.45) is 3.31. The first-order valence-electron chi connectivity index (χ1n) is 5.51. The van der Waals surface area contributed by atoms with Gasteiger partial charge < -0.3 is 10.4 Å². The summed E-state index contributed by atoms with van der Waals surface area (Å²) in [4.78, 5) is 22.3. The Hall–Kier alpha value is -2.31. The zero-order valence-corrected chi connectivity index (χ0v) is 10.1. The average molecular weight is 252 g/mol. The van der Waals surface area contributed by atoms with E-state index in [-0.39, 0.29) is 6.42 Å². The van der Waals surface area contributed by atoms with E-state index in [1.54, 1.807) is 16.9 Å². The molecule has 2 amide bonds. The van der Waals surface area contributed by atoms with E-state index in [1.165, 1.54) is 6.08 Å². The van der Waals surface area contributed by atoms with Gasteiger partial charge in [-0.3, -0.25) is 10.00 Å². The zero-order chi connectivity index (χ0) is 13.5. The zero-order valence-electron chi connectivity index (χ0n) is 10.1. The van der Waals surface area contributed by atoms with Gasteiger partial charge >= 0.3 is 12.0 Å². The Labute approximate surface area is 104 Å². The average Bonchev–Trinajstić information content (AvgIpc) is 2.76. The molecule has 0 radical (unpaired) electrons. The summed E-state index contributed by atoms with van der Waals surface area (Å²) >= 11 is 0. The summed E-state index contributed by atoms with van der Waals surface area (Å²) in [5, 5.41) is 17.7. The highest BCUT2D eigenvalue weighted by Crippen LogP contribution is 2.02. The molecular formula is C11H16N4O3. The smallest absolute Gasteiger partial charge is 0.326 e. The van der Waals surface area contributed by atoms with Gasteiger partial charge in [0.2, 0.25) is 0 Å². The van der Waals surface area contributed by atoms with Crippen molar-refractivity contribution in [2.45, 2.75) is 25.9 Å². The number of carbonyl (C=O) groups excluding carboxylic acids is 1. The summed E-state index contributed by atoms with van der Waals surface area (Å²) in [5.41, 5.74) is 0. The number of aryl methyl sites for hydroxylation is 1. The van der Waals surface area contributed by atoms with Crippen LogP contribution in [0.25, 0.3) is 0 Å². The first kappa shape index (κ1) is 13.8. The molecule has 0 spiro atoms. The summed E-state index contributed by atoms with van der Waals surface area (Å²) in [7, 11) is 0. The molecule has 7 heteroatoms. The van der Waals surface area contributed by atoms with Crippen molar-refractivity contribution in [3.05, 3.63) is 24.9 Å². The van der Waals surface area contributed by atoms with Gasteiger partial charge in [0, 0.05) is 18.8 Å². The van der Waals surface area contributed by atoms with Crippen LogP contribution in [-0.4, -0.2) is 32.9 Å². The predicted octanol–water partition coefficient (Wildman–Crippen LogP) is 1.05. The van der Waals surface area contributed by atoms with Crippen LogP contribution in [0.4, 0.5) is 10.6 Å². The van der Waals surface area contributed by atoms with Crippen molar-refractivity contribution in [2.24, 2.45) is 0 Å². The Morgan fingerprint density at radius 1 is 1.67 bits per heavy atom. The van der Waals surface area contributed by atoms with Crippen LogP contribution in [0.2, 0.25) is 0 Å². The number of carbonyl (C=O) groups is 2. The first-order chi connectivity index (χ1) is 8.56. The Morgan fingerprint density at radius 2 is 2.39 bits per heavy atom. The quantitative estimate of drug-likeness (QED) is 0.659. The van der Waals surface area contributed by atoms with Gasteiger partial charge in [0.1, 0.15) is 6.04 Å². The second-order valence-electron chi connectivity index (χ2n) is 3.57. The highest BCUT2D eigenvalue weighted by atomic mass is 16.4. The molecule has 1 atom stereocenters. The molecule has 0 aromatic carbocycles. The first-order valence-corrected chi connectivity index (χ1v) is 5.51. The highest BCUT2D eigenvalue weighted by Gasteiger charge is 2.18. The van der Waals surface area contributed by atoms with E-state index in [9.17, 15) is 9.59 Å². The van der Waals surface area contributed by atoms with E-state index in [0.717, 1.165) is 0 Å². The molecule has 1 aromatic heterocycles. The van der Waals surface area contributed by atoms with Gasteiger partial charge in [-0.05, 0) is 13.3 Å². The van der Waals surface area contributed by atoms with Crippen molar-refractivity contribution in [1.29, 1.82) is 0 Å². The van der Waals surface area contributed by atoms with Crippen molar-refractivity contribution >= 4 is 17.8 Å². The van der Waals surface area contributed by atoms with Gasteiger partial charge in [0.05, 0.1) is 0 Å². The van der Waals surface area contributed by atoms with Crippen LogP contribution in [-0.2, 0) is 11.3 Å². The highest BCUT2D eigenvalue weighted by molar-refractivity contribution is 5.91. The number of urea groups is 1. The number of hydrogen-bond acceptors (Lipinski definition) is 3. The van der Waals surface area contributed by atoms with Gasteiger partial charge in [0.15, 0.2) is 5.82 Å². The molecule has 0 saturated heterocycles. The Morgan fingerprint density at radius 3 is 2.89 bits per heavy atom. The van der Waals surface area contributed by atoms with E-state index in [2.05, 4.69) is 22.3 Å². The van der Waals surface area contributed by atoms with Gasteiger partial charge in [0.25, 0.3) is 0 Å². The van der Waals surface area contributed by atoms with Crippen LogP contribution < -0.4 is 10.6 Å². The number of nitrogens with one attached hydrogen (secondary N) is 2. The fourth-order valence-corrected chi connectivity index (χ4v) is 1.30. The molecule has 0 fully saturated rings. The maximum Gasteiger partial charge on any atom is 0.326 e. The maximum atomic E-state index is 11.5. The molecule has 18 heavy (non-hydrogen) atoms. The number of rotatable bonds is 6. The molecule has 98 valence electrons. The number of carboxylic acid groups (broad SMARTS) is 1. The summed E-state index contributed by atoms with van der Waals surface area (Å²) in [6, 6.07) is 0.0353. The Bertz CT molecular complexity index is 441. The number of aliphatic carboxylic acids is 1. The molecule has 0 saturated carbocycles. The van der Waals surface area contributed by atoms with Gasteiger partial charge in [-0.25, -0.2) is 9.59 Å². The van der Waals surface area contributed by atoms with Crippen molar-refractivity contribution in [3.63, 3.8) is 0 Å². The molecule has 1 unspecified atom stereocenters. The summed E-state index contributed by atoms with van der Waals surface area (Å²) in [6.45, 7) is 6.05. The standard InChI is InChI=1S/C11H16N4O3/c1-3-5-8(10(16)17)12-11(18)13-9-6-7-15(4-2)14-9/h3,6-8H,1,4-5H2,2H3,(H,16,17)(H2,12,13,14,18). The van der Waals surface area contributed by atoms with Crippen molar-refractivity contribution in [3.8, 4) is 0 Å². The monoisotopic (exact) mass is 252 g/mol. The largest absolute Gasteiger partial charge is 0.480 e. The minimum absolute atomic E-state index is 0.159. The number of aromatic nitrogens is 2. The molecule has 1 rings (SSSR count). The lowest BCUT2D eigenvalue weighted by molar-refractivity contribution is -0.139. The third-order valence-corrected chi connectivity index (χ3v) is 2.21. The fourth-order valence-electron chi connectivity index (χ4n) is 1.30. The molecule has 7 nitrogen and oxygen atoms in total. The summed E-state index contributed by atoms with van der Waals surface area (Å²) < 4.78 is 1.65. The van der Waals surface area contributed by atoms with Crippen LogP contribution in [0.3, 0.4) is 0 Å². The van der Waals surface area contributed by atoms with Crippen molar-refractivity contribution in [2.75, 3.05) is 5.32 Å². The normalized spacial score (nSPS) is 11.6. The molecular weight excluding hydrogens is 236 g/mol. The van der Waals surface area contributed by atoms with Crippen LogP contribution in [0.15, 0.2) is 24.9 Å². The van der Waals surface area contributed by atoms with Crippen LogP contribution in [0.1, 0.15) is 13.3 Å². The molecule has 1 heterocycles. The van der Waals surface area contributed by atoms with Crippen molar-refractivity contribution < 1.29 is 14.7 Å². The molecule has 0 aliphatic rings. The Balaban J connectivity index is 2.54. The lowest BCUT2D eigenvalue weighted by atomic mass is 10.2. The third kappa shape index (κ3) is 3.93. The fraction of sp³-hybridized carbons (Fsp3) is 0.364. The van der Waals surface area contributed by atoms with Gasteiger partial charge in [-0.1, -0.05) is 6.08 Å². The van der Waals surface area contributed by atoms with Crippen LogP contribution >= 0.6 is 0 Å². The minimum atomic E-state index is -1.11. The SMILES string of the molecule is C=CCC(NC(=O)Nc1ccn(CC)n1)C(=O)O. The second kappa shape index (κ2) is 6.43. The van der Waals surface area contributed by atoms with Crippen LogP contribution in [0, 0.1) is 0 Å². The van der Waals surface area contributed by atoms with E-state index >= 15 is 0 Å². The number of anilines is 1. The molecule has 0 aliphatic carbocycles. The predicted molar refractivity (Wildman–Crippen MR) is 66.3 cm³/mol. The third-order valence-electron chi connectivity index (χ3n) is 2.21. The van der Waals surface area contributed by atoms with E-state index in [1.807, 2.05) is 6.92 Å². The maximum absolute atomic E-state index is 11.5. The summed E-state index contributed by atoms with van der Waals surface area (Å²) in [5.74, 6) is -0.735. The van der Waals surface area contributed by atoms with E-state index < -0.39 is 18.0 Å². The number of carboxylic acids is 1. The van der Waals surface area contributed by atoms with Gasteiger partial charge in [-0.15, -0.1) is 6.58 Å². The number of nitrogens with zero attached hydrogens (tertiary/aromatic N) is 2. The van der Waals surface area contributed by atoms with Crippen molar-refractivity contribution in [1.82, 2.24) is 15.1 Å². The second-order valence-corrected chi connectivity index (χ2v) is 3.57. The minimum Gasteiger partial charge on any atom is -0.480 e. The number of hydrogen-bond donors (Lipinski definition) is 3. The van der Waals surface area contributed by atoms with E-state index in [4.69, 9.17) is 5.11 Å². The number of amides is 2. The topological polar surface area (TPSA) is 96.3 Å². The lowest BCUT2D eigenvalue weighted by Gasteiger charge is -2.12. The molecule has 0 bridgehead atoms. The lowest BCUT2D eigenvalue weighted by Crippen LogP contribution is -2.42. The molecule has 0 aliphatic heterocycles. The van der Waals surface area contributed by atoms with Crippen LogP contribution in [0.5, 0.6) is 0 Å². The van der Waals surface area contributed by atoms with Gasteiger partial charge in [-0.2, -0.15) is 5.10 Å². The molecule has 3 N–H and O–H groups in total.